The van der Waals surface area contributed by atoms with Crippen molar-refractivity contribution >= 4 is 16.8 Å². The van der Waals surface area contributed by atoms with Crippen molar-refractivity contribution < 1.29 is 27.4 Å². The Labute approximate surface area is 157 Å². The lowest BCUT2D eigenvalue weighted by Crippen LogP contribution is -2.40. The monoisotopic (exact) mass is 391 g/mol. The topological polar surface area (TPSA) is 67.5 Å². The van der Waals surface area contributed by atoms with Gasteiger partial charge in [0.1, 0.15) is 5.75 Å². The number of nitrogens with one attached hydrogen (secondary N) is 1. The van der Waals surface area contributed by atoms with Gasteiger partial charge in [0.2, 0.25) is 0 Å². The van der Waals surface area contributed by atoms with E-state index in [-0.39, 0.29) is 11.7 Å². The summed E-state index contributed by atoms with van der Waals surface area (Å²) < 4.78 is 46.8. The van der Waals surface area contributed by atoms with Crippen LogP contribution in [0.1, 0.15) is 10.4 Å². The molecule has 3 aromatic rings. The summed E-state index contributed by atoms with van der Waals surface area (Å²) in [6, 6.07) is 7.34. The third-order valence-electron chi connectivity index (χ3n) is 4.46. The number of benzene rings is 1. The number of fused-ring (bicyclic) bond motifs is 1. The fourth-order valence-corrected chi connectivity index (χ4v) is 3.22. The molecule has 0 spiro atoms. The predicted molar refractivity (Wildman–Crippen MR) is 94.9 cm³/mol. The number of rotatable bonds is 3. The second kappa shape index (κ2) is 7.16. The van der Waals surface area contributed by atoms with E-state index in [4.69, 9.17) is 4.74 Å². The van der Waals surface area contributed by atoms with Crippen molar-refractivity contribution in [2.45, 2.75) is 6.36 Å². The molecule has 6 nitrogen and oxygen atoms in total. The van der Waals surface area contributed by atoms with E-state index in [1.165, 1.54) is 24.4 Å². The Hall–Kier alpha value is -3.07. The average Bonchev–Trinajstić information content (AvgIpc) is 3.16. The predicted octanol–water partition coefficient (Wildman–Crippen LogP) is 3.60. The second-order valence-corrected chi connectivity index (χ2v) is 6.27. The van der Waals surface area contributed by atoms with Gasteiger partial charge in [0.15, 0.2) is 0 Å². The van der Waals surface area contributed by atoms with Crippen LogP contribution in [0.25, 0.3) is 22.2 Å². The Balaban J connectivity index is 1.72. The van der Waals surface area contributed by atoms with Crippen molar-refractivity contribution in [3.63, 3.8) is 0 Å². The minimum Gasteiger partial charge on any atom is -0.406 e. The van der Waals surface area contributed by atoms with Crippen molar-refractivity contribution in [3.8, 4) is 17.0 Å². The van der Waals surface area contributed by atoms with Gasteiger partial charge in [0.05, 0.1) is 30.0 Å². The largest absolute Gasteiger partial charge is 0.573 e. The zero-order valence-electron chi connectivity index (χ0n) is 14.6. The van der Waals surface area contributed by atoms with Gasteiger partial charge in [-0.2, -0.15) is 0 Å². The minimum absolute atomic E-state index is 0.163. The maximum Gasteiger partial charge on any atom is 0.573 e. The number of aromatic nitrogens is 2. The van der Waals surface area contributed by atoms with Crippen LogP contribution in [0, 0.1) is 0 Å². The summed E-state index contributed by atoms with van der Waals surface area (Å²) in [4.78, 5) is 21.9. The number of aromatic amines is 1. The van der Waals surface area contributed by atoms with Crippen LogP contribution in [-0.4, -0.2) is 53.4 Å². The summed E-state index contributed by atoms with van der Waals surface area (Å²) >= 11 is 0. The van der Waals surface area contributed by atoms with Crippen molar-refractivity contribution in [1.82, 2.24) is 14.9 Å². The first kappa shape index (κ1) is 18.3. The Kier molecular flexibility index (Phi) is 4.68. The van der Waals surface area contributed by atoms with E-state index >= 15 is 0 Å². The highest BCUT2D eigenvalue weighted by Gasteiger charge is 2.31. The average molecular weight is 391 g/mol. The molecule has 1 saturated heterocycles. The molecule has 1 aromatic carbocycles. The van der Waals surface area contributed by atoms with Gasteiger partial charge in [-0.25, -0.2) is 0 Å². The lowest BCUT2D eigenvalue weighted by atomic mass is 10.0. The van der Waals surface area contributed by atoms with Gasteiger partial charge in [-0.1, -0.05) is 12.1 Å². The fraction of sp³-hybridized carbons (Fsp3) is 0.263. The third kappa shape index (κ3) is 3.65. The number of carbonyl (C=O) groups is 1. The Morgan fingerprint density at radius 3 is 2.75 bits per heavy atom. The molecule has 1 aliphatic heterocycles. The van der Waals surface area contributed by atoms with Crippen LogP contribution in [0.3, 0.4) is 0 Å². The summed E-state index contributed by atoms with van der Waals surface area (Å²) in [6.07, 6.45) is -1.66. The van der Waals surface area contributed by atoms with Crippen molar-refractivity contribution in [2.75, 3.05) is 26.3 Å². The zero-order valence-corrected chi connectivity index (χ0v) is 14.6. The number of morpholine rings is 1. The SMILES string of the molecule is O=C(c1cnc(-c2cccc(OC(F)(F)F)c2)c2cc[nH]c12)N1CCOCC1. The summed E-state index contributed by atoms with van der Waals surface area (Å²) in [5, 5.41) is 0.642. The fourth-order valence-electron chi connectivity index (χ4n) is 3.22. The van der Waals surface area contributed by atoms with Crippen LogP contribution in [0.5, 0.6) is 5.75 Å². The number of hydrogen-bond acceptors (Lipinski definition) is 4. The van der Waals surface area contributed by atoms with Crippen LogP contribution < -0.4 is 4.74 Å². The van der Waals surface area contributed by atoms with Gasteiger partial charge in [0.25, 0.3) is 5.91 Å². The van der Waals surface area contributed by atoms with Crippen LogP contribution >= 0.6 is 0 Å². The molecule has 0 aliphatic carbocycles. The lowest BCUT2D eigenvalue weighted by Gasteiger charge is -2.27. The zero-order chi connectivity index (χ0) is 19.7. The Morgan fingerprint density at radius 2 is 2.00 bits per heavy atom. The number of alkyl halides is 3. The normalized spacial score (nSPS) is 15.0. The molecule has 0 atom stereocenters. The number of hydrogen-bond donors (Lipinski definition) is 1. The second-order valence-electron chi connectivity index (χ2n) is 6.27. The third-order valence-corrected chi connectivity index (χ3v) is 4.46. The van der Waals surface area contributed by atoms with Gasteiger partial charge in [-0.3, -0.25) is 9.78 Å². The smallest absolute Gasteiger partial charge is 0.406 e. The van der Waals surface area contributed by atoms with E-state index in [1.54, 1.807) is 23.2 Å². The molecule has 146 valence electrons. The minimum atomic E-state index is -4.77. The van der Waals surface area contributed by atoms with E-state index in [2.05, 4.69) is 14.7 Å². The molecule has 2 aromatic heterocycles. The summed E-state index contributed by atoms with van der Waals surface area (Å²) in [5.74, 6) is -0.493. The first-order chi connectivity index (χ1) is 13.4. The van der Waals surface area contributed by atoms with E-state index in [9.17, 15) is 18.0 Å². The van der Waals surface area contributed by atoms with E-state index in [0.717, 1.165) is 0 Å². The molecule has 9 heteroatoms. The number of carbonyl (C=O) groups excluding carboxylic acids is 1. The Bertz CT molecular complexity index is 1010. The van der Waals surface area contributed by atoms with Crippen LogP contribution in [-0.2, 0) is 4.74 Å². The summed E-state index contributed by atoms with van der Waals surface area (Å²) in [7, 11) is 0. The number of nitrogens with zero attached hydrogens (tertiary/aromatic N) is 2. The molecule has 0 radical (unpaired) electrons. The highest BCUT2D eigenvalue weighted by molar-refractivity contribution is 6.08. The number of H-pyrrole nitrogens is 1. The van der Waals surface area contributed by atoms with Gasteiger partial charge in [-0.05, 0) is 18.2 Å². The molecule has 0 unspecified atom stereocenters. The summed E-state index contributed by atoms with van der Waals surface area (Å²) in [5.41, 5.74) is 1.91. The highest BCUT2D eigenvalue weighted by Crippen LogP contribution is 2.32. The maximum absolute atomic E-state index is 12.8. The van der Waals surface area contributed by atoms with Crippen LogP contribution in [0.2, 0.25) is 0 Å². The molecule has 0 bridgehead atoms. The molecule has 1 amide bonds. The number of ether oxygens (including phenoxy) is 2. The molecule has 1 fully saturated rings. The standard InChI is InChI=1S/C19H16F3N3O3/c20-19(21,22)28-13-3-1-2-12(10-13)16-14-4-5-23-17(14)15(11-24-16)18(26)25-6-8-27-9-7-25/h1-5,10-11,23H,6-9H2. The lowest BCUT2D eigenvalue weighted by molar-refractivity contribution is -0.274. The molecule has 3 heterocycles. The number of amides is 1. The van der Waals surface area contributed by atoms with Crippen molar-refractivity contribution in [1.29, 1.82) is 0 Å². The first-order valence-electron chi connectivity index (χ1n) is 8.62. The van der Waals surface area contributed by atoms with Gasteiger partial charge >= 0.3 is 6.36 Å². The molecular weight excluding hydrogens is 375 g/mol. The highest BCUT2D eigenvalue weighted by atomic mass is 19.4. The van der Waals surface area contributed by atoms with Crippen LogP contribution in [0.4, 0.5) is 13.2 Å². The molecule has 1 N–H and O–H groups in total. The molecular formula is C19H16F3N3O3. The van der Waals surface area contributed by atoms with Gasteiger partial charge in [-0.15, -0.1) is 13.2 Å². The van der Waals surface area contributed by atoms with Gasteiger partial charge in [0, 0.05) is 36.4 Å². The molecule has 1 aliphatic rings. The van der Waals surface area contributed by atoms with Gasteiger partial charge < -0.3 is 19.4 Å². The van der Waals surface area contributed by atoms with E-state index in [1.807, 2.05) is 0 Å². The number of halogens is 3. The quantitative estimate of drug-likeness (QED) is 0.741. The number of pyridine rings is 1. The van der Waals surface area contributed by atoms with E-state index < -0.39 is 6.36 Å². The van der Waals surface area contributed by atoms with E-state index in [0.29, 0.717) is 54.0 Å². The molecule has 0 saturated carbocycles. The molecule has 4 rings (SSSR count). The summed E-state index contributed by atoms with van der Waals surface area (Å²) in [6.45, 7) is 1.97. The molecule has 28 heavy (non-hydrogen) atoms. The first-order valence-corrected chi connectivity index (χ1v) is 8.62. The van der Waals surface area contributed by atoms with Crippen molar-refractivity contribution in [2.24, 2.45) is 0 Å². The Morgan fingerprint density at radius 1 is 1.21 bits per heavy atom. The van der Waals surface area contributed by atoms with Crippen LogP contribution in [0.15, 0.2) is 42.7 Å². The van der Waals surface area contributed by atoms with Crippen molar-refractivity contribution in [3.05, 3.63) is 48.3 Å². The maximum atomic E-state index is 12.8.